The van der Waals surface area contributed by atoms with Gasteiger partial charge in [-0.1, -0.05) is 6.07 Å². The van der Waals surface area contributed by atoms with Crippen LogP contribution in [0.1, 0.15) is 11.1 Å². The molecule has 1 aromatic rings. The standard InChI is InChI=1S/C8H7NO2S.Na/c1-6-2-3-8(12(10)11)7(4-6)5-9;/h2-4H,1H3,(H,10,11);/q;+1/p-1. The molecule has 0 fully saturated rings. The van der Waals surface area contributed by atoms with E-state index in [9.17, 15) is 8.76 Å². The summed E-state index contributed by atoms with van der Waals surface area (Å²) >= 11 is -2.32. The summed E-state index contributed by atoms with van der Waals surface area (Å²) in [4.78, 5) is 0.0584. The van der Waals surface area contributed by atoms with Crippen molar-refractivity contribution in [2.75, 3.05) is 0 Å². The van der Waals surface area contributed by atoms with Gasteiger partial charge < -0.3 is 4.55 Å². The smallest absolute Gasteiger partial charge is 0.768 e. The van der Waals surface area contributed by atoms with Gasteiger partial charge in [-0.15, -0.1) is 0 Å². The average Bonchev–Trinajstić information content (AvgIpc) is 2.03. The Morgan fingerprint density at radius 1 is 1.54 bits per heavy atom. The molecule has 0 radical (unpaired) electrons. The van der Waals surface area contributed by atoms with E-state index in [2.05, 4.69) is 0 Å². The van der Waals surface area contributed by atoms with Gasteiger partial charge in [-0.2, -0.15) is 5.26 Å². The number of nitriles is 1. The van der Waals surface area contributed by atoms with Crippen LogP contribution in [0.15, 0.2) is 23.1 Å². The number of aryl methyl sites for hydroxylation is 1. The van der Waals surface area contributed by atoms with E-state index >= 15 is 0 Å². The summed E-state index contributed by atoms with van der Waals surface area (Å²) in [6, 6.07) is 6.46. The molecular weight excluding hydrogens is 197 g/mol. The van der Waals surface area contributed by atoms with E-state index in [-0.39, 0.29) is 40.0 Å². The average molecular weight is 203 g/mol. The van der Waals surface area contributed by atoms with Gasteiger partial charge in [-0.25, -0.2) is 0 Å². The van der Waals surface area contributed by atoms with Crippen LogP contribution in [0.4, 0.5) is 0 Å². The predicted octanol–water partition coefficient (Wildman–Crippen LogP) is -1.89. The third-order valence-electron chi connectivity index (χ3n) is 1.44. The van der Waals surface area contributed by atoms with Crippen LogP contribution in [-0.4, -0.2) is 8.76 Å². The molecule has 13 heavy (non-hydrogen) atoms. The van der Waals surface area contributed by atoms with Gasteiger partial charge in [0, 0.05) is 4.90 Å². The zero-order chi connectivity index (χ0) is 9.14. The van der Waals surface area contributed by atoms with Crippen LogP contribution in [0.3, 0.4) is 0 Å². The van der Waals surface area contributed by atoms with E-state index in [1.165, 1.54) is 6.07 Å². The summed E-state index contributed by atoms with van der Waals surface area (Å²) in [6.07, 6.45) is 0. The van der Waals surface area contributed by atoms with Crippen LogP contribution in [0, 0.1) is 18.3 Å². The topological polar surface area (TPSA) is 63.9 Å². The van der Waals surface area contributed by atoms with Crippen molar-refractivity contribution < 1.29 is 38.3 Å². The molecule has 1 atom stereocenters. The van der Waals surface area contributed by atoms with Gasteiger partial charge in [0.25, 0.3) is 0 Å². The Balaban J connectivity index is 0.00000144. The first-order valence-electron chi connectivity index (χ1n) is 3.25. The molecule has 0 heterocycles. The first-order chi connectivity index (χ1) is 5.65. The molecule has 1 unspecified atom stereocenters. The minimum absolute atomic E-state index is 0. The molecule has 0 saturated carbocycles. The summed E-state index contributed by atoms with van der Waals surface area (Å²) in [5, 5.41) is 8.57. The third-order valence-corrected chi connectivity index (χ3v) is 2.15. The van der Waals surface area contributed by atoms with E-state index in [0.29, 0.717) is 0 Å². The molecule has 0 saturated heterocycles. The Morgan fingerprint density at radius 2 is 2.15 bits per heavy atom. The molecule has 0 aromatic heterocycles. The van der Waals surface area contributed by atoms with E-state index in [4.69, 9.17) is 5.26 Å². The van der Waals surface area contributed by atoms with E-state index in [1.807, 2.05) is 6.07 Å². The van der Waals surface area contributed by atoms with E-state index < -0.39 is 11.1 Å². The summed E-state index contributed by atoms with van der Waals surface area (Å²) in [5.74, 6) is 0. The SMILES string of the molecule is Cc1ccc(S(=O)[O-])c(C#N)c1.[Na+]. The number of rotatable bonds is 1. The zero-order valence-electron chi connectivity index (χ0n) is 7.40. The maximum Gasteiger partial charge on any atom is 1.00 e. The normalized spacial score (nSPS) is 11.2. The van der Waals surface area contributed by atoms with Crippen molar-refractivity contribution in [1.82, 2.24) is 0 Å². The second-order valence-electron chi connectivity index (χ2n) is 2.35. The van der Waals surface area contributed by atoms with Gasteiger partial charge in [-0.05, 0) is 35.7 Å². The maximum atomic E-state index is 10.5. The second kappa shape index (κ2) is 5.53. The molecule has 0 aliphatic carbocycles. The zero-order valence-corrected chi connectivity index (χ0v) is 10.2. The Morgan fingerprint density at radius 3 is 2.62 bits per heavy atom. The summed E-state index contributed by atoms with van der Waals surface area (Å²) in [7, 11) is 0. The molecule has 5 heteroatoms. The van der Waals surface area contributed by atoms with E-state index in [0.717, 1.165) is 5.56 Å². The molecule has 0 aliphatic rings. The van der Waals surface area contributed by atoms with Gasteiger partial charge in [0.15, 0.2) is 0 Å². The minimum Gasteiger partial charge on any atom is -0.768 e. The van der Waals surface area contributed by atoms with Crippen LogP contribution >= 0.6 is 0 Å². The van der Waals surface area contributed by atoms with Gasteiger partial charge in [0.1, 0.15) is 6.07 Å². The molecule has 0 N–H and O–H groups in total. The van der Waals surface area contributed by atoms with Crippen LogP contribution in [0.25, 0.3) is 0 Å². The molecule has 1 rings (SSSR count). The number of hydrogen-bond donors (Lipinski definition) is 0. The fraction of sp³-hybridized carbons (Fsp3) is 0.125. The van der Waals surface area contributed by atoms with Crippen molar-refractivity contribution in [2.45, 2.75) is 11.8 Å². The van der Waals surface area contributed by atoms with Crippen molar-refractivity contribution in [3.05, 3.63) is 29.3 Å². The summed E-state index contributed by atoms with van der Waals surface area (Å²) < 4.78 is 21.1. The fourth-order valence-corrected chi connectivity index (χ4v) is 1.34. The van der Waals surface area contributed by atoms with Crippen molar-refractivity contribution in [3.8, 4) is 6.07 Å². The van der Waals surface area contributed by atoms with E-state index in [1.54, 1.807) is 19.1 Å². The summed E-state index contributed by atoms with van der Waals surface area (Å²) in [5.41, 5.74) is 1.07. The quantitative estimate of drug-likeness (QED) is 0.396. The third kappa shape index (κ3) is 3.22. The summed E-state index contributed by atoms with van der Waals surface area (Å²) in [6.45, 7) is 1.80. The van der Waals surface area contributed by atoms with Crippen molar-refractivity contribution in [3.63, 3.8) is 0 Å². The molecule has 0 amide bonds. The van der Waals surface area contributed by atoms with Crippen LogP contribution in [0.2, 0.25) is 0 Å². The maximum absolute atomic E-state index is 10.5. The molecule has 0 aliphatic heterocycles. The Labute approximate surface area is 101 Å². The molecule has 3 nitrogen and oxygen atoms in total. The van der Waals surface area contributed by atoms with Crippen LogP contribution in [0.5, 0.6) is 0 Å². The second-order valence-corrected chi connectivity index (χ2v) is 3.26. The van der Waals surface area contributed by atoms with Gasteiger partial charge in [-0.3, -0.25) is 4.21 Å². The first-order valence-corrected chi connectivity index (χ1v) is 4.32. The molecule has 0 bridgehead atoms. The van der Waals surface area contributed by atoms with Gasteiger partial charge >= 0.3 is 29.6 Å². The molecule has 0 spiro atoms. The molecule has 1 aromatic carbocycles. The minimum atomic E-state index is -2.32. The number of benzene rings is 1. The Hall–Kier alpha value is -0.180. The van der Waals surface area contributed by atoms with Crippen molar-refractivity contribution in [1.29, 1.82) is 5.26 Å². The largest absolute Gasteiger partial charge is 1.00 e. The van der Waals surface area contributed by atoms with Crippen molar-refractivity contribution in [2.24, 2.45) is 0 Å². The predicted molar refractivity (Wildman–Crippen MR) is 43.1 cm³/mol. The number of nitrogens with zero attached hydrogens (tertiary/aromatic N) is 1. The Bertz CT molecular complexity index is 373. The van der Waals surface area contributed by atoms with Crippen LogP contribution in [-0.2, 0) is 11.1 Å². The van der Waals surface area contributed by atoms with Crippen molar-refractivity contribution >= 4 is 11.1 Å². The monoisotopic (exact) mass is 203 g/mol. The molecular formula is C8H6NNaO2S. The Kier molecular flexibility index (Phi) is 5.45. The van der Waals surface area contributed by atoms with Crippen LogP contribution < -0.4 is 29.6 Å². The van der Waals surface area contributed by atoms with Gasteiger partial charge in [0.05, 0.1) is 5.56 Å². The molecule has 62 valence electrons. The first kappa shape index (κ1) is 12.8. The fourth-order valence-electron chi connectivity index (χ4n) is 0.877. The number of hydrogen-bond acceptors (Lipinski definition) is 3. The van der Waals surface area contributed by atoms with Gasteiger partial charge in [0.2, 0.25) is 0 Å².